The number of hydrogen-bond donors (Lipinski definition) is 3. The van der Waals surface area contributed by atoms with Gasteiger partial charge in [-0.25, -0.2) is 0 Å². The van der Waals surface area contributed by atoms with Crippen molar-refractivity contribution >= 4 is 28.5 Å². The summed E-state index contributed by atoms with van der Waals surface area (Å²) in [5.41, 5.74) is -0.491. The summed E-state index contributed by atoms with van der Waals surface area (Å²) in [4.78, 5) is 37.5. The molecular formula is C17H19N3O5. The van der Waals surface area contributed by atoms with Crippen LogP contribution in [0, 0.1) is 16.0 Å². The molecule has 1 fully saturated rings. The normalized spacial score (nSPS) is 23.3. The Kier molecular flexibility index (Phi) is 4.20. The molecule has 8 nitrogen and oxygen atoms in total. The second-order valence-corrected chi connectivity index (χ2v) is 6.69. The van der Waals surface area contributed by atoms with Gasteiger partial charge in [-0.15, -0.1) is 0 Å². The van der Waals surface area contributed by atoms with E-state index in [1.807, 2.05) is 0 Å². The number of carbonyl (C=O) groups excluding carboxylic acids is 1. The fourth-order valence-corrected chi connectivity index (χ4v) is 3.62. The molecule has 1 aliphatic carbocycles. The predicted molar refractivity (Wildman–Crippen MR) is 90.4 cm³/mol. The molecule has 132 valence electrons. The van der Waals surface area contributed by atoms with Crippen LogP contribution in [0.2, 0.25) is 0 Å². The molecule has 3 rings (SSSR count). The summed E-state index contributed by atoms with van der Waals surface area (Å²) in [6.07, 6.45) is 2.76. The molecule has 25 heavy (non-hydrogen) atoms. The first kappa shape index (κ1) is 16.9. The molecule has 1 aliphatic rings. The van der Waals surface area contributed by atoms with Gasteiger partial charge >= 0.3 is 5.97 Å². The van der Waals surface area contributed by atoms with Crippen molar-refractivity contribution in [3.63, 3.8) is 0 Å². The Morgan fingerprint density at radius 2 is 2.16 bits per heavy atom. The van der Waals surface area contributed by atoms with Gasteiger partial charge in [-0.1, -0.05) is 25.0 Å². The number of para-hydroxylation sites is 1. The number of carbonyl (C=O) groups is 2. The van der Waals surface area contributed by atoms with Crippen molar-refractivity contribution in [1.29, 1.82) is 0 Å². The number of aromatic nitrogens is 1. The van der Waals surface area contributed by atoms with Crippen LogP contribution >= 0.6 is 0 Å². The number of amides is 1. The molecule has 2 unspecified atom stereocenters. The number of nitro groups is 1. The molecule has 0 aliphatic heterocycles. The molecule has 2 atom stereocenters. The predicted octanol–water partition coefficient (Wildman–Crippen LogP) is 2.84. The third-order valence-electron chi connectivity index (χ3n) is 4.98. The van der Waals surface area contributed by atoms with E-state index in [-0.39, 0.29) is 16.9 Å². The molecule has 1 aromatic carbocycles. The number of aliphatic carboxylic acids is 1. The highest BCUT2D eigenvalue weighted by Gasteiger charge is 2.42. The molecule has 0 saturated heterocycles. The van der Waals surface area contributed by atoms with Gasteiger partial charge in [0.05, 0.1) is 16.4 Å². The minimum atomic E-state index is -0.921. The first-order valence-corrected chi connectivity index (χ1v) is 8.13. The van der Waals surface area contributed by atoms with E-state index in [0.717, 1.165) is 12.8 Å². The summed E-state index contributed by atoms with van der Waals surface area (Å²) >= 11 is 0. The summed E-state index contributed by atoms with van der Waals surface area (Å²) in [6, 6.07) is 6.14. The molecular weight excluding hydrogens is 326 g/mol. The Labute approximate surface area is 143 Å². The standard InChI is InChI=1S/C17H19N3O5/c1-17(8-3-2-6-11(17)16(22)23)19-15(21)12-9-10-5-4-7-13(20(24)25)14(10)18-12/h4-5,7,9,11,18H,2-3,6,8H2,1H3,(H,19,21)(H,22,23). The van der Waals surface area contributed by atoms with Gasteiger partial charge in [0.1, 0.15) is 11.2 Å². The summed E-state index contributed by atoms with van der Waals surface area (Å²) in [5, 5.41) is 23.9. The minimum absolute atomic E-state index is 0.108. The van der Waals surface area contributed by atoms with E-state index >= 15 is 0 Å². The number of nitrogens with one attached hydrogen (secondary N) is 2. The summed E-state index contributed by atoms with van der Waals surface area (Å²) in [5.74, 6) is -2.03. The van der Waals surface area contributed by atoms with Gasteiger partial charge in [0.15, 0.2) is 0 Å². The average molecular weight is 345 g/mol. The van der Waals surface area contributed by atoms with Crippen molar-refractivity contribution in [3.05, 3.63) is 40.1 Å². The van der Waals surface area contributed by atoms with Gasteiger partial charge in [0, 0.05) is 11.5 Å². The van der Waals surface area contributed by atoms with Crippen LogP contribution in [0.4, 0.5) is 5.69 Å². The third kappa shape index (κ3) is 3.07. The molecule has 8 heteroatoms. The fraction of sp³-hybridized carbons (Fsp3) is 0.412. The lowest BCUT2D eigenvalue weighted by molar-refractivity contribution is -0.383. The number of carboxylic acids is 1. The first-order valence-electron chi connectivity index (χ1n) is 8.13. The number of rotatable bonds is 4. The maximum absolute atomic E-state index is 12.6. The van der Waals surface area contributed by atoms with Crippen LogP contribution < -0.4 is 5.32 Å². The number of nitro benzene ring substituents is 1. The monoisotopic (exact) mass is 345 g/mol. The highest BCUT2D eigenvalue weighted by Crippen LogP contribution is 2.34. The van der Waals surface area contributed by atoms with Gasteiger partial charge in [0.25, 0.3) is 11.6 Å². The summed E-state index contributed by atoms with van der Waals surface area (Å²) in [6.45, 7) is 1.74. The van der Waals surface area contributed by atoms with E-state index in [0.29, 0.717) is 18.2 Å². The smallest absolute Gasteiger partial charge is 0.308 e. The van der Waals surface area contributed by atoms with E-state index in [1.54, 1.807) is 25.1 Å². The summed E-state index contributed by atoms with van der Waals surface area (Å²) in [7, 11) is 0. The third-order valence-corrected chi connectivity index (χ3v) is 4.98. The van der Waals surface area contributed by atoms with Gasteiger partial charge < -0.3 is 15.4 Å². The second-order valence-electron chi connectivity index (χ2n) is 6.69. The molecule has 3 N–H and O–H groups in total. The van der Waals surface area contributed by atoms with Crippen LogP contribution in [0.1, 0.15) is 43.1 Å². The van der Waals surface area contributed by atoms with Crippen LogP contribution in [-0.2, 0) is 4.79 Å². The van der Waals surface area contributed by atoms with Gasteiger partial charge in [-0.2, -0.15) is 0 Å². The Hall–Kier alpha value is -2.90. The van der Waals surface area contributed by atoms with Gasteiger partial charge in [-0.05, 0) is 25.8 Å². The number of aromatic amines is 1. The molecule has 1 saturated carbocycles. The topological polar surface area (TPSA) is 125 Å². The molecule has 1 amide bonds. The largest absolute Gasteiger partial charge is 0.481 e. The highest BCUT2D eigenvalue weighted by atomic mass is 16.6. The zero-order valence-electron chi connectivity index (χ0n) is 13.7. The van der Waals surface area contributed by atoms with Crippen molar-refractivity contribution in [2.75, 3.05) is 0 Å². The van der Waals surface area contributed by atoms with Crippen LogP contribution in [0.5, 0.6) is 0 Å². The molecule has 1 heterocycles. The molecule has 2 aromatic rings. The number of fused-ring (bicyclic) bond motifs is 1. The molecule has 0 radical (unpaired) electrons. The number of H-pyrrole nitrogens is 1. The van der Waals surface area contributed by atoms with Crippen molar-refractivity contribution in [1.82, 2.24) is 10.3 Å². The average Bonchev–Trinajstić information content (AvgIpc) is 2.98. The van der Waals surface area contributed by atoms with Gasteiger partial charge in [-0.3, -0.25) is 19.7 Å². The van der Waals surface area contributed by atoms with Crippen molar-refractivity contribution in [2.24, 2.45) is 5.92 Å². The number of carboxylic acid groups (broad SMARTS) is 1. The Bertz CT molecular complexity index is 859. The van der Waals surface area contributed by atoms with Crippen molar-refractivity contribution in [2.45, 2.75) is 38.1 Å². The lowest BCUT2D eigenvalue weighted by atomic mass is 9.74. The van der Waals surface area contributed by atoms with Crippen LogP contribution in [-0.4, -0.2) is 32.4 Å². The highest BCUT2D eigenvalue weighted by molar-refractivity contribution is 6.00. The first-order chi connectivity index (χ1) is 11.8. The fourth-order valence-electron chi connectivity index (χ4n) is 3.62. The van der Waals surface area contributed by atoms with E-state index in [2.05, 4.69) is 10.3 Å². The zero-order chi connectivity index (χ0) is 18.2. The Morgan fingerprint density at radius 1 is 1.40 bits per heavy atom. The zero-order valence-corrected chi connectivity index (χ0v) is 13.7. The SMILES string of the molecule is CC1(NC(=O)c2cc3cccc([N+](=O)[O-])c3[nH]2)CCCCC1C(=O)O. The maximum atomic E-state index is 12.6. The second kappa shape index (κ2) is 6.19. The maximum Gasteiger partial charge on any atom is 0.308 e. The number of non-ortho nitro benzene ring substituents is 1. The summed E-state index contributed by atoms with van der Waals surface area (Å²) < 4.78 is 0. The number of nitrogens with zero attached hydrogens (tertiary/aromatic N) is 1. The Morgan fingerprint density at radius 3 is 2.84 bits per heavy atom. The quantitative estimate of drug-likeness (QED) is 0.580. The lowest BCUT2D eigenvalue weighted by Crippen LogP contribution is -2.55. The van der Waals surface area contributed by atoms with Crippen LogP contribution in [0.15, 0.2) is 24.3 Å². The molecule has 0 bridgehead atoms. The van der Waals surface area contributed by atoms with E-state index in [1.165, 1.54) is 6.07 Å². The molecule has 1 aromatic heterocycles. The lowest BCUT2D eigenvalue weighted by Gasteiger charge is -2.39. The van der Waals surface area contributed by atoms with E-state index < -0.39 is 28.3 Å². The van der Waals surface area contributed by atoms with Crippen molar-refractivity contribution in [3.8, 4) is 0 Å². The number of hydrogen-bond acceptors (Lipinski definition) is 4. The van der Waals surface area contributed by atoms with Crippen molar-refractivity contribution < 1.29 is 19.6 Å². The van der Waals surface area contributed by atoms with E-state index in [4.69, 9.17) is 0 Å². The van der Waals surface area contributed by atoms with Crippen LogP contribution in [0.3, 0.4) is 0 Å². The van der Waals surface area contributed by atoms with E-state index in [9.17, 15) is 24.8 Å². The van der Waals surface area contributed by atoms with Crippen LogP contribution in [0.25, 0.3) is 10.9 Å². The minimum Gasteiger partial charge on any atom is -0.481 e. The Balaban J connectivity index is 1.90. The van der Waals surface area contributed by atoms with Gasteiger partial charge in [0.2, 0.25) is 0 Å². The number of benzene rings is 1. The molecule has 0 spiro atoms.